The number of nitrogens with zero attached hydrogens (tertiary/aromatic N) is 1. The minimum atomic E-state index is -0.750. The van der Waals surface area contributed by atoms with Crippen molar-refractivity contribution in [2.75, 3.05) is 0 Å². The molecule has 0 spiro atoms. The molecule has 2 rings (SSSR count). The Labute approximate surface area is 198 Å². The Hall–Kier alpha value is 0.756. The van der Waals surface area contributed by atoms with Crippen LogP contribution in [0.1, 0.15) is 99.8 Å². The Morgan fingerprint density at radius 2 is 1.28 bits per heavy atom. The zero-order chi connectivity index (χ0) is 19.0. The summed E-state index contributed by atoms with van der Waals surface area (Å²) in [5, 5.41) is 18.7. The molecule has 0 aromatic heterocycles. The minimum absolute atomic E-state index is 0. The molecule has 0 aromatic rings. The summed E-state index contributed by atoms with van der Waals surface area (Å²) in [6, 6.07) is 2.34. The summed E-state index contributed by atoms with van der Waals surface area (Å²) >= 11 is 0. The van der Waals surface area contributed by atoms with Crippen LogP contribution < -0.4 is 56.5 Å². The third-order valence-corrected chi connectivity index (χ3v) is 4.68. The van der Waals surface area contributed by atoms with Crippen LogP contribution in [0.2, 0.25) is 0 Å². The van der Waals surface area contributed by atoms with Crippen molar-refractivity contribution in [3.8, 4) is 6.07 Å². The van der Waals surface area contributed by atoms with Crippen molar-refractivity contribution in [3.05, 3.63) is 0 Å². The second-order valence-electron chi connectivity index (χ2n) is 9.88. The van der Waals surface area contributed by atoms with Crippen molar-refractivity contribution in [1.82, 2.24) is 0 Å². The normalized spacial score (nSPS) is 22.1. The van der Waals surface area contributed by atoms with Gasteiger partial charge in [-0.05, 0) is 49.4 Å². The molecule has 25 heavy (non-hydrogen) atoms. The summed E-state index contributed by atoms with van der Waals surface area (Å²) in [7, 11) is 0. The zero-order valence-electron chi connectivity index (χ0n) is 18.0. The van der Waals surface area contributed by atoms with E-state index >= 15 is 0 Å². The summed E-state index contributed by atoms with van der Waals surface area (Å²) < 4.78 is 0. The van der Waals surface area contributed by atoms with E-state index < -0.39 is 5.60 Å². The summed E-state index contributed by atoms with van der Waals surface area (Å²) in [5.74, 6) is 0.808. The number of ketones is 1. The van der Waals surface area contributed by atoms with E-state index in [2.05, 4.69) is 33.8 Å². The summed E-state index contributed by atoms with van der Waals surface area (Å²) in [5.41, 5.74) is 0.196. The second kappa shape index (κ2) is 12.3. The molecule has 2 fully saturated rings. The van der Waals surface area contributed by atoms with Crippen LogP contribution in [0, 0.1) is 28.1 Å². The Balaban J connectivity index is 0. The molecular weight excluding hydrogens is 337 g/mol. The smallest absolute Gasteiger partial charge is 0.850 e. The molecule has 140 valence electrons. The molecule has 2 saturated carbocycles. The van der Waals surface area contributed by atoms with Gasteiger partial charge >= 0.3 is 51.4 Å². The second-order valence-corrected chi connectivity index (χ2v) is 9.88. The van der Waals surface area contributed by atoms with E-state index in [-0.39, 0.29) is 51.4 Å². The maximum absolute atomic E-state index is 10.8. The van der Waals surface area contributed by atoms with E-state index in [1.165, 1.54) is 12.8 Å². The Morgan fingerprint density at radius 3 is 1.56 bits per heavy atom. The molecule has 0 amide bonds. The quantitative estimate of drug-likeness (QED) is 0.609. The third kappa shape index (κ3) is 17.9. The fourth-order valence-electron chi connectivity index (χ4n) is 2.73. The van der Waals surface area contributed by atoms with Crippen molar-refractivity contribution in [1.29, 1.82) is 5.26 Å². The van der Waals surface area contributed by atoms with E-state index in [1.54, 1.807) is 20.8 Å². The first-order valence-electron chi connectivity index (χ1n) is 9.36. The maximum atomic E-state index is 10.8. The molecule has 0 radical (unpaired) electrons. The molecule has 0 N–H and O–H groups in total. The predicted molar refractivity (Wildman–Crippen MR) is 98.4 cm³/mol. The van der Waals surface area contributed by atoms with Crippen molar-refractivity contribution in [2.24, 2.45) is 16.7 Å². The van der Waals surface area contributed by atoms with Gasteiger partial charge < -0.3 is 5.11 Å². The van der Waals surface area contributed by atoms with E-state index in [1.807, 2.05) is 0 Å². The predicted octanol–water partition coefficient (Wildman–Crippen LogP) is 2.03. The van der Waals surface area contributed by atoms with E-state index in [9.17, 15) is 9.90 Å². The van der Waals surface area contributed by atoms with Gasteiger partial charge in [-0.2, -0.15) is 5.26 Å². The Kier molecular flexibility index (Phi) is 13.7. The summed E-state index contributed by atoms with van der Waals surface area (Å²) in [4.78, 5) is 10.8. The third-order valence-electron chi connectivity index (χ3n) is 4.68. The van der Waals surface area contributed by atoms with Gasteiger partial charge in [-0.1, -0.05) is 48.5 Å². The average Bonchev–Trinajstić information content (AvgIpc) is 2.41. The number of carbonyl (C=O) groups excluding carboxylic acids is 1. The van der Waals surface area contributed by atoms with Gasteiger partial charge in [0.05, 0.1) is 6.07 Å². The van der Waals surface area contributed by atoms with Crippen LogP contribution in [-0.2, 0) is 4.79 Å². The van der Waals surface area contributed by atoms with Crippen molar-refractivity contribution < 1.29 is 61.3 Å². The van der Waals surface area contributed by atoms with Gasteiger partial charge in [0, 0.05) is 18.8 Å². The van der Waals surface area contributed by atoms with Gasteiger partial charge in [0.2, 0.25) is 0 Å². The molecule has 4 heteroatoms. The van der Waals surface area contributed by atoms with Gasteiger partial charge in [-0.25, -0.2) is 0 Å². The van der Waals surface area contributed by atoms with Gasteiger partial charge in [-0.3, -0.25) is 4.79 Å². The van der Waals surface area contributed by atoms with Crippen LogP contribution in [0.25, 0.3) is 0 Å². The standard InChI is InChI=1S/C9H15N.C8H14O.C4H9O.K/c1-9(2)5-3-8(7-10)4-6-9;1-8(2)5-3-7(9)4-6-8;1-4(2,3)5;/h8H,3-6H2,1-2H3;3-6H2,1-2H3;1-3H3;/q;;-1;+1. The Bertz CT molecular complexity index is 402. The monoisotopic (exact) mass is 375 g/mol. The van der Waals surface area contributed by atoms with Crippen molar-refractivity contribution in [3.63, 3.8) is 0 Å². The molecule has 0 atom stereocenters. The number of nitriles is 1. The topological polar surface area (TPSA) is 63.9 Å². The van der Waals surface area contributed by atoms with Crippen LogP contribution in [0.4, 0.5) is 0 Å². The van der Waals surface area contributed by atoms with Crippen LogP contribution in [0.5, 0.6) is 0 Å². The molecule has 0 aliphatic heterocycles. The minimum Gasteiger partial charge on any atom is -0.850 e. The zero-order valence-corrected chi connectivity index (χ0v) is 21.1. The fraction of sp³-hybridized carbons (Fsp3) is 0.905. The van der Waals surface area contributed by atoms with Crippen LogP contribution >= 0.6 is 0 Å². The first-order valence-corrected chi connectivity index (χ1v) is 9.36. The van der Waals surface area contributed by atoms with E-state index in [0.29, 0.717) is 22.5 Å². The molecule has 0 bridgehead atoms. The largest absolute Gasteiger partial charge is 1.00 e. The van der Waals surface area contributed by atoms with Crippen LogP contribution in [-0.4, -0.2) is 11.4 Å². The maximum Gasteiger partial charge on any atom is 1.00 e. The first kappa shape index (κ1) is 28.0. The summed E-state index contributed by atoms with van der Waals surface area (Å²) in [6.45, 7) is 14.0. The number of rotatable bonds is 0. The van der Waals surface area contributed by atoms with Crippen molar-refractivity contribution >= 4 is 5.78 Å². The number of hydrogen-bond donors (Lipinski definition) is 0. The van der Waals surface area contributed by atoms with Gasteiger partial charge in [0.25, 0.3) is 0 Å². The molecule has 0 heterocycles. The molecule has 2 aliphatic carbocycles. The van der Waals surface area contributed by atoms with Gasteiger partial charge in [-0.15, -0.1) is 5.60 Å². The molecular formula is C21H38KNO2. The number of carbonyl (C=O) groups is 1. The molecule has 0 unspecified atom stereocenters. The van der Waals surface area contributed by atoms with Gasteiger partial charge in [0.1, 0.15) is 5.78 Å². The molecule has 0 aromatic carbocycles. The average molecular weight is 376 g/mol. The van der Waals surface area contributed by atoms with Crippen molar-refractivity contribution in [2.45, 2.75) is 105 Å². The number of Topliss-reactive ketones (excluding diaryl/α,β-unsaturated/α-hetero) is 1. The summed E-state index contributed by atoms with van der Waals surface area (Å²) in [6.07, 6.45) is 8.49. The fourth-order valence-corrected chi connectivity index (χ4v) is 2.73. The van der Waals surface area contributed by atoms with E-state index in [0.717, 1.165) is 38.5 Å². The molecule has 0 saturated heterocycles. The molecule has 2 aliphatic rings. The molecule has 3 nitrogen and oxygen atoms in total. The Morgan fingerprint density at radius 1 is 0.960 bits per heavy atom. The first-order chi connectivity index (χ1) is 10.7. The van der Waals surface area contributed by atoms with Crippen LogP contribution in [0.3, 0.4) is 0 Å². The van der Waals surface area contributed by atoms with Crippen LogP contribution in [0.15, 0.2) is 0 Å². The SMILES string of the molecule is CC(C)(C)[O-].CC1(C)CCC(=O)CC1.CC1(C)CCC(C#N)CC1.[K+]. The van der Waals surface area contributed by atoms with Gasteiger partial charge in [0.15, 0.2) is 0 Å². The number of hydrogen-bond acceptors (Lipinski definition) is 3. The van der Waals surface area contributed by atoms with E-state index in [4.69, 9.17) is 5.26 Å².